The molecular formula is C34H23BCl2F10PZr. The van der Waals surface area contributed by atoms with Gasteiger partial charge < -0.3 is 24.8 Å². The summed E-state index contributed by atoms with van der Waals surface area (Å²) < 4.78 is 131. The molecule has 0 saturated heterocycles. The van der Waals surface area contributed by atoms with Crippen LogP contribution in [-0.2, 0) is 26.2 Å². The average Bonchev–Trinajstić information content (AvgIpc) is 3.77. The van der Waals surface area contributed by atoms with Crippen LogP contribution in [0.5, 0.6) is 0 Å². The summed E-state index contributed by atoms with van der Waals surface area (Å²) >= 11 is 0. The van der Waals surface area contributed by atoms with E-state index < -0.39 is 69.1 Å². The van der Waals surface area contributed by atoms with Crippen LogP contribution in [0.25, 0.3) is 11.1 Å². The second-order valence-electron chi connectivity index (χ2n) is 9.78. The second kappa shape index (κ2) is 19.8. The van der Waals surface area contributed by atoms with Gasteiger partial charge in [-0.05, 0) is 28.8 Å². The molecule has 1 radical (unpaired) electrons. The topological polar surface area (TPSA) is 0 Å². The van der Waals surface area contributed by atoms with Gasteiger partial charge in [-0.25, -0.2) is 56.0 Å². The third-order valence-corrected chi connectivity index (χ3v) is 10.1. The molecule has 0 spiro atoms. The van der Waals surface area contributed by atoms with Crippen molar-refractivity contribution < 1.29 is 94.9 Å². The standard InChI is InChI=1S/C17H18P.C12BF10.C5H5.2ClH.Zr/c1-3-18(4-2)17-15-11-7-5-9-13(15)14-10-6-8-12-16(14)17;14-3-1(4(15)8(19)11(22)7(3)18)13-2-5(16)9(20)12(23)10(21)6(2)17;1-2-4-5-3-1;;;/h5-11,17H,3-4H2,1-2H3;;1-5H;2*1H;/q-1;;-1;;;+4/p-2. The molecule has 0 bridgehead atoms. The smallest absolute Gasteiger partial charge is 1.00 e. The van der Waals surface area contributed by atoms with Crippen LogP contribution in [0.2, 0.25) is 0 Å². The van der Waals surface area contributed by atoms with Crippen molar-refractivity contribution in [3.8, 4) is 11.1 Å². The van der Waals surface area contributed by atoms with E-state index in [1.54, 1.807) is 0 Å². The molecule has 5 aromatic rings. The molecule has 0 fully saturated rings. The van der Waals surface area contributed by atoms with Crippen molar-refractivity contribution in [3.05, 3.63) is 148 Å². The summed E-state index contributed by atoms with van der Waals surface area (Å²) in [5.41, 5.74) is 2.71. The van der Waals surface area contributed by atoms with E-state index >= 15 is 0 Å². The SMILES string of the molecule is CCP(CC)C1c2[c-]cccc2-c2ccccc21.Fc1c(F)c(F)c([B]c2c(F)c(F)c(F)c(F)c2F)c(F)c1F.[Cl-].[Cl-].[Zr+4].c1cc[cH-]c1. The van der Waals surface area contributed by atoms with Gasteiger partial charge in [0.2, 0.25) is 7.28 Å². The summed E-state index contributed by atoms with van der Waals surface area (Å²) in [4.78, 5) is 0. The van der Waals surface area contributed by atoms with Crippen molar-refractivity contribution in [1.29, 1.82) is 0 Å². The Morgan fingerprint density at radius 2 is 1.00 bits per heavy atom. The largest absolute Gasteiger partial charge is 4.00 e. The van der Waals surface area contributed by atoms with E-state index in [0.29, 0.717) is 5.66 Å². The maximum atomic E-state index is 13.4. The Kier molecular flexibility index (Phi) is 18.0. The van der Waals surface area contributed by atoms with Gasteiger partial charge in [0.05, 0.1) is 0 Å². The molecule has 0 amide bonds. The summed E-state index contributed by atoms with van der Waals surface area (Å²) in [6, 6.07) is 28.8. The summed E-state index contributed by atoms with van der Waals surface area (Å²) in [5, 5.41) is 0. The van der Waals surface area contributed by atoms with Gasteiger partial charge in [-0.3, -0.25) is 0 Å². The van der Waals surface area contributed by atoms with Gasteiger partial charge in [0, 0.05) is 5.66 Å². The fourth-order valence-corrected chi connectivity index (χ4v) is 7.35. The number of rotatable bonds is 5. The quantitative estimate of drug-likeness (QED) is 0.0639. The molecule has 1 aliphatic rings. The van der Waals surface area contributed by atoms with Crippen molar-refractivity contribution in [2.24, 2.45) is 0 Å². The molecule has 0 N–H and O–H groups in total. The van der Waals surface area contributed by atoms with Gasteiger partial charge in [-0.15, -0.1) is 11.1 Å². The van der Waals surface area contributed by atoms with Crippen LogP contribution in [-0.4, -0.2) is 19.6 Å². The molecule has 6 rings (SSSR count). The molecule has 0 aliphatic heterocycles. The predicted octanol–water partition coefficient (Wildman–Crippen LogP) is 3.22. The first-order chi connectivity index (χ1) is 22.0. The average molecular weight is 825 g/mol. The number of hydrogen-bond acceptors (Lipinski definition) is 0. The van der Waals surface area contributed by atoms with E-state index in [1.165, 1.54) is 34.6 Å². The minimum absolute atomic E-state index is 0. The van der Waals surface area contributed by atoms with Crippen molar-refractivity contribution in [1.82, 2.24) is 0 Å². The van der Waals surface area contributed by atoms with Crippen LogP contribution >= 0.6 is 7.92 Å². The van der Waals surface area contributed by atoms with Crippen LogP contribution in [0.3, 0.4) is 0 Å². The van der Waals surface area contributed by atoms with Crippen molar-refractivity contribution in [2.45, 2.75) is 19.5 Å². The molecular weight excluding hydrogens is 802 g/mol. The molecule has 1 atom stereocenters. The van der Waals surface area contributed by atoms with Crippen LogP contribution in [0.1, 0.15) is 30.6 Å². The number of hydrogen-bond donors (Lipinski definition) is 0. The van der Waals surface area contributed by atoms with E-state index in [1.807, 2.05) is 30.3 Å². The number of fused-ring (bicyclic) bond motifs is 3. The van der Waals surface area contributed by atoms with E-state index in [4.69, 9.17) is 0 Å². The second-order valence-corrected chi connectivity index (χ2v) is 12.7. The van der Waals surface area contributed by atoms with Crippen molar-refractivity contribution >= 4 is 26.1 Å². The van der Waals surface area contributed by atoms with E-state index in [9.17, 15) is 43.9 Å². The van der Waals surface area contributed by atoms with E-state index in [-0.39, 0.29) is 66.2 Å². The number of halogens is 12. The molecule has 0 saturated carbocycles. The van der Waals surface area contributed by atoms with Crippen molar-refractivity contribution in [2.75, 3.05) is 12.3 Å². The summed E-state index contributed by atoms with van der Waals surface area (Å²) in [6.45, 7) is 4.66. The van der Waals surface area contributed by atoms with Gasteiger partial charge in [0.15, 0.2) is 58.2 Å². The van der Waals surface area contributed by atoms with E-state index in [0.717, 1.165) is 0 Å². The molecule has 255 valence electrons. The maximum absolute atomic E-state index is 13.4. The van der Waals surface area contributed by atoms with Crippen LogP contribution in [0.15, 0.2) is 72.8 Å². The Hall–Kier alpha value is -2.51. The van der Waals surface area contributed by atoms with E-state index in [2.05, 4.69) is 62.4 Å². The molecule has 0 heterocycles. The summed E-state index contributed by atoms with van der Waals surface area (Å²) in [5.74, 6) is -24.9. The fourth-order valence-electron chi connectivity index (χ4n) is 4.98. The maximum Gasteiger partial charge on any atom is 4.00 e. The van der Waals surface area contributed by atoms with Gasteiger partial charge in [0.25, 0.3) is 0 Å². The van der Waals surface area contributed by atoms with Gasteiger partial charge in [-0.1, -0.05) is 51.6 Å². The zero-order valence-electron chi connectivity index (χ0n) is 25.5. The molecule has 0 aromatic heterocycles. The Labute approximate surface area is 310 Å². The normalized spacial score (nSPS) is 12.1. The minimum atomic E-state index is -2.55. The molecule has 1 aliphatic carbocycles. The number of benzene rings is 4. The Balaban J connectivity index is 0.000000412. The zero-order chi connectivity index (χ0) is 33.7. The summed E-state index contributed by atoms with van der Waals surface area (Å²) in [7, 11) is -0.330. The molecule has 5 aromatic carbocycles. The fraction of sp³-hybridized carbons (Fsp3) is 0.147. The van der Waals surface area contributed by atoms with Crippen LogP contribution in [0.4, 0.5) is 43.9 Å². The third kappa shape index (κ3) is 9.24. The monoisotopic (exact) mass is 823 g/mol. The van der Waals surface area contributed by atoms with Crippen LogP contribution < -0.4 is 35.7 Å². The first-order valence-corrected chi connectivity index (χ1v) is 15.6. The third-order valence-electron chi connectivity index (χ3n) is 7.22. The Morgan fingerprint density at radius 1 is 0.592 bits per heavy atom. The first kappa shape index (κ1) is 44.5. The molecule has 15 heteroatoms. The Morgan fingerprint density at radius 3 is 1.41 bits per heavy atom. The van der Waals surface area contributed by atoms with Gasteiger partial charge >= 0.3 is 26.2 Å². The molecule has 0 nitrogen and oxygen atoms in total. The molecule has 49 heavy (non-hydrogen) atoms. The predicted molar refractivity (Wildman–Crippen MR) is 160 cm³/mol. The van der Waals surface area contributed by atoms with Gasteiger partial charge in [-0.2, -0.15) is 42.5 Å². The summed E-state index contributed by atoms with van der Waals surface area (Å²) in [6.07, 6.45) is 2.60. The van der Waals surface area contributed by atoms with Gasteiger partial charge in [0.1, 0.15) is 0 Å². The minimum Gasteiger partial charge on any atom is -1.00 e. The van der Waals surface area contributed by atoms with Crippen molar-refractivity contribution in [3.63, 3.8) is 0 Å². The van der Waals surface area contributed by atoms with Crippen LogP contribution in [0, 0.1) is 64.2 Å². The zero-order valence-corrected chi connectivity index (χ0v) is 30.3. The molecule has 1 unspecified atom stereocenters. The Bertz CT molecular complexity index is 1650. The first-order valence-electron chi connectivity index (χ1n) is 13.8.